The highest BCUT2D eigenvalue weighted by Crippen LogP contribution is 2.24. The highest BCUT2D eigenvalue weighted by Gasteiger charge is 2.25. The SMILES string of the molecule is CCC(CCN)N1CCCN(C2CCCCC2)CC1. The van der Waals surface area contributed by atoms with Gasteiger partial charge in [0, 0.05) is 25.2 Å². The van der Waals surface area contributed by atoms with E-state index in [0.29, 0.717) is 0 Å². The first-order chi connectivity index (χ1) is 9.35. The first-order valence-electron chi connectivity index (χ1n) is 8.53. The van der Waals surface area contributed by atoms with Crippen LogP contribution in [0.4, 0.5) is 0 Å². The molecule has 2 aliphatic rings. The van der Waals surface area contributed by atoms with E-state index in [1.807, 2.05) is 0 Å². The standard InChI is InChI=1S/C16H33N3/c1-2-15(9-10-17)18-11-6-12-19(14-13-18)16-7-4-3-5-8-16/h15-16H,2-14,17H2,1H3. The second-order valence-corrected chi connectivity index (χ2v) is 6.36. The van der Waals surface area contributed by atoms with Crippen molar-refractivity contribution < 1.29 is 0 Å². The Kier molecular flexibility index (Phi) is 6.62. The Morgan fingerprint density at radius 2 is 1.79 bits per heavy atom. The maximum absolute atomic E-state index is 5.76. The predicted octanol–water partition coefficient (Wildman–Crippen LogP) is 2.45. The van der Waals surface area contributed by atoms with Crippen LogP contribution in [0.15, 0.2) is 0 Å². The molecule has 1 saturated heterocycles. The van der Waals surface area contributed by atoms with Crippen LogP contribution in [0.25, 0.3) is 0 Å². The van der Waals surface area contributed by atoms with E-state index >= 15 is 0 Å². The van der Waals surface area contributed by atoms with Crippen molar-refractivity contribution in [2.75, 3.05) is 32.7 Å². The molecule has 0 bridgehead atoms. The zero-order chi connectivity index (χ0) is 13.5. The molecule has 0 spiro atoms. The van der Waals surface area contributed by atoms with Gasteiger partial charge in [-0.25, -0.2) is 0 Å². The highest BCUT2D eigenvalue weighted by molar-refractivity contribution is 4.81. The molecule has 3 heteroatoms. The van der Waals surface area contributed by atoms with E-state index in [0.717, 1.165) is 18.6 Å². The van der Waals surface area contributed by atoms with Gasteiger partial charge in [-0.15, -0.1) is 0 Å². The van der Waals surface area contributed by atoms with Gasteiger partial charge in [0.05, 0.1) is 0 Å². The van der Waals surface area contributed by atoms with Crippen LogP contribution in [0, 0.1) is 0 Å². The molecule has 0 amide bonds. The third kappa shape index (κ3) is 4.44. The number of nitrogens with two attached hydrogens (primary N) is 1. The molecule has 1 saturated carbocycles. The van der Waals surface area contributed by atoms with Crippen molar-refractivity contribution in [3.63, 3.8) is 0 Å². The van der Waals surface area contributed by atoms with Crippen LogP contribution < -0.4 is 5.73 Å². The van der Waals surface area contributed by atoms with Crippen LogP contribution >= 0.6 is 0 Å². The molecule has 1 atom stereocenters. The summed E-state index contributed by atoms with van der Waals surface area (Å²) in [4.78, 5) is 5.49. The average Bonchev–Trinajstić information content (AvgIpc) is 2.71. The first-order valence-corrected chi connectivity index (χ1v) is 8.53. The van der Waals surface area contributed by atoms with E-state index in [9.17, 15) is 0 Å². The van der Waals surface area contributed by atoms with Crippen molar-refractivity contribution in [1.82, 2.24) is 9.80 Å². The van der Waals surface area contributed by atoms with E-state index in [1.165, 1.54) is 77.5 Å². The topological polar surface area (TPSA) is 32.5 Å². The largest absolute Gasteiger partial charge is 0.330 e. The Morgan fingerprint density at radius 3 is 2.47 bits per heavy atom. The average molecular weight is 267 g/mol. The fraction of sp³-hybridized carbons (Fsp3) is 1.00. The lowest BCUT2D eigenvalue weighted by Crippen LogP contribution is -2.42. The fourth-order valence-corrected chi connectivity index (χ4v) is 3.97. The predicted molar refractivity (Wildman–Crippen MR) is 82.4 cm³/mol. The molecule has 1 aliphatic carbocycles. The smallest absolute Gasteiger partial charge is 0.0112 e. The second-order valence-electron chi connectivity index (χ2n) is 6.36. The molecule has 0 radical (unpaired) electrons. The van der Waals surface area contributed by atoms with Crippen molar-refractivity contribution in [2.24, 2.45) is 5.73 Å². The van der Waals surface area contributed by atoms with Gasteiger partial charge in [-0.1, -0.05) is 26.2 Å². The molecule has 0 aromatic rings. The lowest BCUT2D eigenvalue weighted by Gasteiger charge is -2.34. The van der Waals surface area contributed by atoms with Gasteiger partial charge in [0.2, 0.25) is 0 Å². The van der Waals surface area contributed by atoms with Gasteiger partial charge in [-0.05, 0) is 51.7 Å². The summed E-state index contributed by atoms with van der Waals surface area (Å²) in [6, 6.07) is 1.61. The molecular formula is C16H33N3. The van der Waals surface area contributed by atoms with E-state index in [1.54, 1.807) is 0 Å². The lowest BCUT2D eigenvalue weighted by atomic mass is 9.94. The maximum atomic E-state index is 5.76. The molecular weight excluding hydrogens is 234 g/mol. The monoisotopic (exact) mass is 267 g/mol. The summed E-state index contributed by atoms with van der Waals surface area (Å²) >= 11 is 0. The molecule has 3 nitrogen and oxygen atoms in total. The normalized spacial score (nSPS) is 26.2. The molecule has 1 heterocycles. The van der Waals surface area contributed by atoms with Gasteiger partial charge < -0.3 is 5.73 Å². The molecule has 2 rings (SSSR count). The zero-order valence-electron chi connectivity index (χ0n) is 12.8. The summed E-state index contributed by atoms with van der Waals surface area (Å²) in [5.74, 6) is 0. The Hall–Kier alpha value is -0.120. The van der Waals surface area contributed by atoms with Gasteiger partial charge in [-0.2, -0.15) is 0 Å². The summed E-state index contributed by atoms with van der Waals surface area (Å²) in [5.41, 5.74) is 5.76. The Balaban J connectivity index is 1.82. The summed E-state index contributed by atoms with van der Waals surface area (Å²) < 4.78 is 0. The van der Waals surface area contributed by atoms with Crippen molar-refractivity contribution in [3.05, 3.63) is 0 Å². The first kappa shape index (κ1) is 15.3. The second kappa shape index (κ2) is 8.23. The minimum absolute atomic E-state index is 0.719. The Labute approximate surface area is 119 Å². The van der Waals surface area contributed by atoms with Crippen molar-refractivity contribution in [3.8, 4) is 0 Å². The summed E-state index contributed by atoms with van der Waals surface area (Å²) in [5, 5.41) is 0. The van der Waals surface area contributed by atoms with Crippen molar-refractivity contribution in [2.45, 2.75) is 70.4 Å². The molecule has 1 unspecified atom stereocenters. The van der Waals surface area contributed by atoms with Crippen molar-refractivity contribution in [1.29, 1.82) is 0 Å². The van der Waals surface area contributed by atoms with Gasteiger partial charge in [0.15, 0.2) is 0 Å². The molecule has 2 N–H and O–H groups in total. The van der Waals surface area contributed by atoms with E-state index in [-0.39, 0.29) is 0 Å². The van der Waals surface area contributed by atoms with Gasteiger partial charge in [0.1, 0.15) is 0 Å². The number of nitrogens with zero attached hydrogens (tertiary/aromatic N) is 2. The van der Waals surface area contributed by atoms with Crippen LogP contribution in [-0.4, -0.2) is 54.6 Å². The van der Waals surface area contributed by atoms with Gasteiger partial charge in [-0.3, -0.25) is 9.80 Å². The lowest BCUT2D eigenvalue weighted by molar-refractivity contribution is 0.147. The van der Waals surface area contributed by atoms with E-state index in [4.69, 9.17) is 5.73 Å². The number of hydrogen-bond acceptors (Lipinski definition) is 3. The molecule has 2 fully saturated rings. The minimum Gasteiger partial charge on any atom is -0.330 e. The third-order valence-corrected chi connectivity index (χ3v) is 5.14. The summed E-state index contributed by atoms with van der Waals surface area (Å²) in [6.07, 6.45) is 11.0. The highest BCUT2D eigenvalue weighted by atomic mass is 15.2. The Bertz CT molecular complexity index is 225. The number of hydrogen-bond donors (Lipinski definition) is 1. The van der Waals surface area contributed by atoms with Crippen molar-refractivity contribution >= 4 is 0 Å². The number of rotatable bonds is 5. The molecule has 1 aliphatic heterocycles. The van der Waals surface area contributed by atoms with Crippen LogP contribution in [0.3, 0.4) is 0 Å². The molecule has 112 valence electrons. The van der Waals surface area contributed by atoms with Gasteiger partial charge >= 0.3 is 0 Å². The third-order valence-electron chi connectivity index (χ3n) is 5.14. The summed E-state index contributed by atoms with van der Waals surface area (Å²) in [6.45, 7) is 8.29. The van der Waals surface area contributed by atoms with Crippen LogP contribution in [0.5, 0.6) is 0 Å². The van der Waals surface area contributed by atoms with Gasteiger partial charge in [0.25, 0.3) is 0 Å². The minimum atomic E-state index is 0.719. The molecule has 0 aromatic heterocycles. The fourth-order valence-electron chi connectivity index (χ4n) is 3.97. The van der Waals surface area contributed by atoms with Crippen LogP contribution in [0.2, 0.25) is 0 Å². The maximum Gasteiger partial charge on any atom is 0.0112 e. The van der Waals surface area contributed by atoms with Crippen LogP contribution in [0.1, 0.15) is 58.3 Å². The van der Waals surface area contributed by atoms with E-state index in [2.05, 4.69) is 16.7 Å². The molecule has 0 aromatic carbocycles. The zero-order valence-corrected chi connectivity index (χ0v) is 12.8. The van der Waals surface area contributed by atoms with E-state index < -0.39 is 0 Å². The quantitative estimate of drug-likeness (QED) is 0.830. The molecule has 19 heavy (non-hydrogen) atoms. The Morgan fingerprint density at radius 1 is 1.00 bits per heavy atom. The van der Waals surface area contributed by atoms with Crippen LogP contribution in [-0.2, 0) is 0 Å². The summed E-state index contributed by atoms with van der Waals surface area (Å²) in [7, 11) is 0.